The van der Waals surface area contributed by atoms with Crippen molar-refractivity contribution >= 4 is 274 Å². The molecule has 0 spiro atoms. The van der Waals surface area contributed by atoms with Crippen LogP contribution in [0, 0.1) is 32.1 Å². The van der Waals surface area contributed by atoms with Gasteiger partial charge in [-0.2, -0.15) is 0 Å². The molecule has 0 aliphatic rings. The van der Waals surface area contributed by atoms with Crippen molar-refractivity contribution in [1.82, 2.24) is 31.5 Å². The minimum absolute atomic E-state index is 0.00964. The smallest absolute Gasteiger partial charge is 0.256 e. The lowest BCUT2D eigenvalue weighted by atomic mass is 10.1. The van der Waals surface area contributed by atoms with E-state index >= 15 is 4.79 Å². The molecule has 9 amide bonds. The zero-order valence-electron chi connectivity index (χ0n) is 47.9. The number of anilines is 3. The minimum atomic E-state index is -2.28. The summed E-state index contributed by atoms with van der Waals surface area (Å²) >= 11 is 14.8. The Morgan fingerprint density at radius 3 is 0.840 bits per heavy atom. The SMILES string of the molecule is O=C(NCCCN(CC(O)CNC(=O)c1c(I)c(NC(=O)C(O)C(O)CO)c(I)c(C(=O)NCC(O)CO)c1I)C(=O)c1c(I)c(NC(=O)C(O)C(O)CO)c(I)c(C(=O)NCC(O)CO)c1I)c1c(I)c(NC(=O)C(O)C(O)CO)c(I)c(C(=O)NCC(O)CO)c1I. The van der Waals surface area contributed by atoms with Crippen molar-refractivity contribution in [2.75, 3.05) is 101 Å². The second-order valence-electron chi connectivity index (χ2n) is 19.6. The van der Waals surface area contributed by atoms with Crippen LogP contribution in [0.2, 0.25) is 0 Å². The minimum Gasteiger partial charge on any atom is -0.394 e. The van der Waals surface area contributed by atoms with E-state index in [9.17, 15) is 120 Å². The van der Waals surface area contributed by atoms with E-state index in [0.29, 0.717) is 0 Å². The molecular weight excluding hydrogens is 2280 g/mol. The van der Waals surface area contributed by atoms with Crippen LogP contribution in [-0.2, 0) is 14.4 Å². The Hall–Kier alpha value is -1.18. The summed E-state index contributed by atoms with van der Waals surface area (Å²) in [5, 5.41) is 179. The number of nitrogens with one attached hydrogen (secondary N) is 8. The number of aliphatic hydroxyl groups excluding tert-OH is 16. The van der Waals surface area contributed by atoms with E-state index in [-0.39, 0.29) is 95.5 Å². The molecule has 524 valence electrons. The first-order chi connectivity index (χ1) is 44.0. The third-order valence-corrected chi connectivity index (χ3v) is 22.4. The highest BCUT2D eigenvalue weighted by molar-refractivity contribution is 14.1. The Balaban J connectivity index is 2.28. The van der Waals surface area contributed by atoms with Crippen molar-refractivity contribution in [2.24, 2.45) is 0 Å². The van der Waals surface area contributed by atoms with E-state index in [4.69, 9.17) is 0 Å². The van der Waals surface area contributed by atoms with Gasteiger partial charge in [0.05, 0.1) is 136 Å². The van der Waals surface area contributed by atoms with Gasteiger partial charge in [-0.3, -0.25) is 43.2 Å². The van der Waals surface area contributed by atoms with Gasteiger partial charge < -0.3 is 129 Å². The fraction of sp³-hybridized carbons (Fsp3) is 0.471. The van der Waals surface area contributed by atoms with Gasteiger partial charge in [0.2, 0.25) is 0 Å². The average Bonchev–Trinajstić information content (AvgIpc) is 0.782. The highest BCUT2D eigenvalue weighted by Crippen LogP contribution is 2.39. The zero-order valence-corrected chi connectivity index (χ0v) is 67.3. The number of nitrogens with zero attached hydrogens (tertiary/aromatic N) is 1. The lowest BCUT2D eigenvalue weighted by molar-refractivity contribution is -0.131. The summed E-state index contributed by atoms with van der Waals surface area (Å²) in [5.41, 5.74) is -2.62. The van der Waals surface area contributed by atoms with Gasteiger partial charge in [-0.05, 0) is 210 Å². The summed E-state index contributed by atoms with van der Waals surface area (Å²) in [6.45, 7) is -9.31. The Morgan fingerprint density at radius 1 is 0.330 bits per heavy atom. The molecule has 0 aliphatic carbocycles. The average molecular weight is 2340 g/mol. The van der Waals surface area contributed by atoms with Crippen molar-refractivity contribution < 1.29 is 125 Å². The number of hydrogen-bond donors (Lipinski definition) is 24. The highest BCUT2D eigenvalue weighted by atomic mass is 127. The molecule has 0 heterocycles. The molecule has 3 aromatic carbocycles. The number of rotatable bonds is 35. The number of carbonyl (C=O) groups is 9. The quantitative estimate of drug-likeness (QED) is 0.0195. The zero-order chi connectivity index (χ0) is 71.5. The van der Waals surface area contributed by atoms with Gasteiger partial charge in [-0.15, -0.1) is 0 Å². The van der Waals surface area contributed by atoms with Crippen molar-refractivity contribution in [1.29, 1.82) is 0 Å². The molecule has 0 aliphatic heterocycles. The normalized spacial score (nSPS) is 14.6. The van der Waals surface area contributed by atoms with Crippen molar-refractivity contribution in [3.05, 3.63) is 65.5 Å². The maximum Gasteiger partial charge on any atom is 0.256 e. The van der Waals surface area contributed by atoms with Crippen molar-refractivity contribution in [2.45, 2.75) is 67.5 Å². The van der Waals surface area contributed by atoms with Crippen LogP contribution in [0.1, 0.15) is 68.6 Å². The molecule has 0 bridgehead atoms. The third-order valence-electron chi connectivity index (χ3n) is 12.7. The predicted molar refractivity (Wildman–Crippen MR) is 404 cm³/mol. The first-order valence-electron chi connectivity index (χ1n) is 26.7. The Morgan fingerprint density at radius 2 is 0.574 bits per heavy atom. The second kappa shape index (κ2) is 41.7. The highest BCUT2D eigenvalue weighted by Gasteiger charge is 2.37. The molecule has 10 atom stereocenters. The summed E-state index contributed by atoms with van der Waals surface area (Å²) < 4.78 is -0.614. The molecule has 0 radical (unpaired) electrons. The first kappa shape index (κ1) is 87.0. The lowest BCUT2D eigenvalue weighted by Gasteiger charge is -2.28. The summed E-state index contributed by atoms with van der Waals surface area (Å²) in [5.74, 6) is -9.71. The van der Waals surface area contributed by atoms with E-state index in [1.54, 1.807) is 203 Å². The van der Waals surface area contributed by atoms with Crippen molar-refractivity contribution in [3.63, 3.8) is 0 Å². The molecule has 10 unspecified atom stereocenters. The largest absolute Gasteiger partial charge is 0.394 e. The van der Waals surface area contributed by atoms with Crippen LogP contribution in [0.4, 0.5) is 17.1 Å². The van der Waals surface area contributed by atoms with E-state index in [1.807, 2.05) is 0 Å². The topological polar surface area (TPSA) is 577 Å². The molecule has 3 rings (SSSR count). The molecule has 94 heavy (non-hydrogen) atoms. The Labute approximate surface area is 655 Å². The number of aliphatic hydroxyl groups is 16. The van der Waals surface area contributed by atoms with E-state index in [0.717, 1.165) is 4.90 Å². The fourth-order valence-electron chi connectivity index (χ4n) is 7.62. The van der Waals surface area contributed by atoms with Crippen LogP contribution >= 0.6 is 203 Å². The molecule has 34 nitrogen and oxygen atoms in total. The Kier molecular flexibility index (Phi) is 38.6. The molecule has 43 heteroatoms. The van der Waals surface area contributed by atoms with Gasteiger partial charge in [-0.25, -0.2) is 0 Å². The summed E-state index contributed by atoms with van der Waals surface area (Å²) in [6.07, 6.45) is -19.0. The molecule has 3 aromatic rings. The van der Waals surface area contributed by atoms with E-state index < -0.39 is 193 Å². The Bertz CT molecular complexity index is 3290. The van der Waals surface area contributed by atoms with Crippen LogP contribution in [-0.4, -0.2) is 286 Å². The van der Waals surface area contributed by atoms with Gasteiger partial charge >= 0.3 is 0 Å². The number of carbonyl (C=O) groups excluding carboxylic acids is 9. The van der Waals surface area contributed by atoms with Crippen molar-refractivity contribution in [3.8, 4) is 0 Å². The molecular formula is C51H62I9N9O25. The lowest BCUT2D eigenvalue weighted by Crippen LogP contribution is -2.45. The van der Waals surface area contributed by atoms with Gasteiger partial charge in [0, 0.05) is 56.5 Å². The molecule has 0 saturated carbocycles. The summed E-state index contributed by atoms with van der Waals surface area (Å²) in [7, 11) is 0. The number of amides is 9. The number of benzene rings is 3. The maximum atomic E-state index is 15.4. The standard InChI is InChI=1S/C51H62I9N9O25/c52-28-22(31(55)37(66-48(91)40(83)19(80)12-73)32(56)23(28)45(88)63-5-16(77)9-70)43(86)61-2-1-3-69(51(94)27-30(54)26(47(90)65-7-18(79)11-72)35(59)39(36(27)60)68-50(93)42(85)21(82)14-75)8-15(76)4-62-44(87)24-29(53)25(46(89)64-6-17(78)10-71)34(58)38(33(24)57)67-49(92)41(84)20(81)13-74/h15-21,40-42,70-85H,1-14H2,(H,61,86)(H,62,87)(H,63,88)(H,64,89)(H,65,90)(H,66,91)(H,67,92)(H,68,93). The van der Waals surface area contributed by atoms with Gasteiger partial charge in [0.25, 0.3) is 53.2 Å². The van der Waals surface area contributed by atoms with E-state index in [2.05, 4.69) is 42.5 Å². The van der Waals surface area contributed by atoms with Gasteiger partial charge in [0.15, 0.2) is 18.3 Å². The molecule has 0 fully saturated rings. The summed E-state index contributed by atoms with van der Waals surface area (Å²) in [6, 6.07) is 0. The maximum absolute atomic E-state index is 15.4. The van der Waals surface area contributed by atoms with Gasteiger partial charge in [0.1, 0.15) is 18.3 Å². The number of hydrogen-bond acceptors (Lipinski definition) is 25. The molecule has 0 aromatic heterocycles. The monoisotopic (exact) mass is 2340 g/mol. The van der Waals surface area contributed by atoms with Crippen LogP contribution < -0.4 is 42.5 Å². The van der Waals surface area contributed by atoms with Crippen LogP contribution in [0.5, 0.6) is 0 Å². The molecule has 24 N–H and O–H groups in total. The number of halogens is 9. The predicted octanol–water partition coefficient (Wildman–Crippen LogP) is -4.61. The first-order valence-corrected chi connectivity index (χ1v) is 36.5. The molecule has 0 saturated heterocycles. The van der Waals surface area contributed by atoms with Crippen LogP contribution in [0.3, 0.4) is 0 Å². The van der Waals surface area contributed by atoms with Gasteiger partial charge in [-0.1, -0.05) is 0 Å². The van der Waals surface area contributed by atoms with Crippen LogP contribution in [0.15, 0.2) is 0 Å². The fourth-order valence-corrected chi connectivity index (χ4v) is 20.8. The third kappa shape index (κ3) is 23.2. The second-order valence-corrected chi connectivity index (χ2v) is 29.3. The van der Waals surface area contributed by atoms with E-state index in [1.165, 1.54) is 0 Å². The summed E-state index contributed by atoms with van der Waals surface area (Å²) in [4.78, 5) is 126. The van der Waals surface area contributed by atoms with Crippen LogP contribution in [0.25, 0.3) is 0 Å².